The van der Waals surface area contributed by atoms with Crippen molar-refractivity contribution in [3.8, 4) is 0 Å². The summed E-state index contributed by atoms with van der Waals surface area (Å²) in [5, 5.41) is 0. The zero-order valence-electron chi connectivity index (χ0n) is 10.9. The topological polar surface area (TPSA) is 26.3 Å². The van der Waals surface area contributed by atoms with E-state index in [1.807, 2.05) is 0 Å². The highest BCUT2D eigenvalue weighted by Crippen LogP contribution is 2.43. The number of hydrogen-bond donors (Lipinski definition) is 0. The second-order valence-corrected chi connectivity index (χ2v) is 6.02. The van der Waals surface area contributed by atoms with Gasteiger partial charge in [-0.25, -0.2) is 0 Å². The lowest BCUT2D eigenvalue weighted by Gasteiger charge is -2.49. The fraction of sp³-hybridized carbons (Fsp3) is 0.929. The van der Waals surface area contributed by atoms with Crippen molar-refractivity contribution in [3.63, 3.8) is 0 Å². The molecule has 0 unspecified atom stereocenters. The van der Waals surface area contributed by atoms with E-state index in [2.05, 4.69) is 6.92 Å². The number of quaternary nitrogens is 1. The van der Waals surface area contributed by atoms with Crippen LogP contribution < -0.4 is 0 Å². The molecule has 17 heavy (non-hydrogen) atoms. The summed E-state index contributed by atoms with van der Waals surface area (Å²) in [5.41, 5.74) is 0. The van der Waals surface area contributed by atoms with Crippen LogP contribution in [-0.2, 0) is 9.53 Å². The van der Waals surface area contributed by atoms with Crippen molar-refractivity contribution < 1.29 is 14.0 Å². The zero-order valence-corrected chi connectivity index (χ0v) is 10.9. The molecule has 1 saturated heterocycles. The van der Waals surface area contributed by atoms with Gasteiger partial charge < -0.3 is 9.22 Å². The van der Waals surface area contributed by atoms with Crippen LogP contribution >= 0.6 is 0 Å². The first kappa shape index (κ1) is 11.7. The molecule has 0 aromatic heterocycles. The third-order valence-electron chi connectivity index (χ3n) is 5.56. The maximum atomic E-state index is 12.3. The van der Waals surface area contributed by atoms with Crippen LogP contribution in [0.15, 0.2) is 0 Å². The highest BCUT2D eigenvalue weighted by molar-refractivity contribution is 5.86. The molecule has 0 spiro atoms. The molecule has 2 saturated carbocycles. The third-order valence-corrected chi connectivity index (χ3v) is 5.56. The van der Waals surface area contributed by atoms with E-state index in [0.717, 1.165) is 43.6 Å². The second kappa shape index (κ2) is 4.36. The summed E-state index contributed by atoms with van der Waals surface area (Å²) in [4.78, 5) is 12.3. The zero-order chi connectivity index (χ0) is 11.9. The Morgan fingerprint density at radius 2 is 1.88 bits per heavy atom. The standard InChI is InChI=1S/C14H24NO2/c1-2-15(7-9-17-10-8-15)13-6-4-11-3-5-12(13)14(11)16/h11-13H,2-10H2,1H3/q+1/t11-,12+,13-/m1/s1. The van der Waals surface area contributed by atoms with Crippen LogP contribution in [0.25, 0.3) is 0 Å². The molecule has 0 aromatic carbocycles. The van der Waals surface area contributed by atoms with E-state index in [1.54, 1.807) is 0 Å². The Bertz CT molecular complexity index is 309. The normalized spacial score (nSPS) is 40.5. The van der Waals surface area contributed by atoms with Crippen molar-refractivity contribution in [1.29, 1.82) is 0 Å². The van der Waals surface area contributed by atoms with Gasteiger partial charge in [0.15, 0.2) is 0 Å². The molecule has 3 fully saturated rings. The van der Waals surface area contributed by atoms with Gasteiger partial charge in [0.05, 0.1) is 31.7 Å². The lowest BCUT2D eigenvalue weighted by molar-refractivity contribution is -0.959. The largest absolute Gasteiger partial charge is 0.370 e. The Hall–Kier alpha value is -0.410. The molecule has 0 radical (unpaired) electrons. The number of carbonyl (C=O) groups excluding carboxylic acids is 1. The molecule has 0 aromatic rings. The minimum atomic E-state index is 0.381. The van der Waals surface area contributed by atoms with Crippen LogP contribution in [-0.4, -0.2) is 49.2 Å². The fourth-order valence-corrected chi connectivity index (χ4v) is 4.45. The number of ether oxygens (including phenoxy) is 1. The van der Waals surface area contributed by atoms with Gasteiger partial charge in [0.25, 0.3) is 0 Å². The minimum Gasteiger partial charge on any atom is -0.370 e. The van der Waals surface area contributed by atoms with Gasteiger partial charge >= 0.3 is 0 Å². The van der Waals surface area contributed by atoms with E-state index in [1.165, 1.54) is 19.4 Å². The third kappa shape index (κ3) is 1.75. The number of morpholine rings is 1. The smallest absolute Gasteiger partial charge is 0.144 e. The summed E-state index contributed by atoms with van der Waals surface area (Å²) in [5.74, 6) is 1.40. The van der Waals surface area contributed by atoms with Crippen molar-refractivity contribution in [2.24, 2.45) is 11.8 Å². The summed E-state index contributed by atoms with van der Waals surface area (Å²) >= 11 is 0. The number of ketones is 1. The molecule has 3 atom stereocenters. The molecule has 3 rings (SSSR count). The number of likely N-dealkylation sites (N-methyl/N-ethyl adjacent to an activating group) is 1. The summed E-state index contributed by atoms with van der Waals surface area (Å²) in [6, 6.07) is 0.607. The van der Waals surface area contributed by atoms with E-state index in [0.29, 0.717) is 23.7 Å². The lowest BCUT2D eigenvalue weighted by atomic mass is 9.81. The first-order valence-corrected chi connectivity index (χ1v) is 7.24. The average Bonchev–Trinajstić information content (AvgIpc) is 2.63. The van der Waals surface area contributed by atoms with Crippen molar-refractivity contribution in [3.05, 3.63) is 0 Å². The van der Waals surface area contributed by atoms with Gasteiger partial charge in [0.2, 0.25) is 0 Å². The van der Waals surface area contributed by atoms with Crippen LogP contribution in [0.1, 0.15) is 32.6 Å². The number of Topliss-reactive ketones (excluding diaryl/α,β-unsaturated/α-hetero) is 1. The summed E-state index contributed by atoms with van der Waals surface area (Å²) in [7, 11) is 0. The van der Waals surface area contributed by atoms with Gasteiger partial charge in [-0.3, -0.25) is 4.79 Å². The fourth-order valence-electron chi connectivity index (χ4n) is 4.45. The molecule has 3 aliphatic rings. The summed E-state index contributed by atoms with van der Waals surface area (Å²) in [6.45, 7) is 7.47. The molecule has 2 aliphatic carbocycles. The maximum Gasteiger partial charge on any atom is 0.144 e. The van der Waals surface area contributed by atoms with Gasteiger partial charge in [-0.1, -0.05) is 0 Å². The van der Waals surface area contributed by atoms with Crippen molar-refractivity contribution >= 4 is 5.78 Å². The average molecular weight is 238 g/mol. The number of fused-ring (bicyclic) bond motifs is 2. The monoisotopic (exact) mass is 238 g/mol. The van der Waals surface area contributed by atoms with Crippen LogP contribution in [0.4, 0.5) is 0 Å². The van der Waals surface area contributed by atoms with Crippen LogP contribution in [0, 0.1) is 11.8 Å². The highest BCUT2D eigenvalue weighted by atomic mass is 16.5. The number of hydrogen-bond acceptors (Lipinski definition) is 2. The molecule has 1 heterocycles. The predicted molar refractivity (Wildman–Crippen MR) is 65.6 cm³/mol. The number of rotatable bonds is 2. The maximum absolute atomic E-state index is 12.3. The van der Waals surface area contributed by atoms with Crippen LogP contribution in [0.3, 0.4) is 0 Å². The molecule has 3 nitrogen and oxygen atoms in total. The Kier molecular flexibility index (Phi) is 2.99. The van der Waals surface area contributed by atoms with Crippen molar-refractivity contribution in [2.75, 3.05) is 32.8 Å². The molecular weight excluding hydrogens is 214 g/mol. The van der Waals surface area contributed by atoms with Gasteiger partial charge in [-0.2, -0.15) is 0 Å². The summed E-state index contributed by atoms with van der Waals surface area (Å²) in [6.07, 6.45) is 4.75. The SMILES string of the molecule is CC[N+]1([C@@H]2CC[C@H]3CC[C@@H]2C3=O)CCOCC1. The second-order valence-electron chi connectivity index (χ2n) is 6.02. The quantitative estimate of drug-likeness (QED) is 0.683. The molecule has 1 aliphatic heterocycles. The summed E-state index contributed by atoms with van der Waals surface area (Å²) < 4.78 is 6.68. The molecular formula is C14H24NO2+. The van der Waals surface area contributed by atoms with Gasteiger partial charge in [-0.05, 0) is 26.2 Å². The Labute approximate surface area is 104 Å². The Balaban J connectivity index is 1.84. The van der Waals surface area contributed by atoms with E-state index < -0.39 is 0 Å². The van der Waals surface area contributed by atoms with E-state index in [9.17, 15) is 4.79 Å². The molecule has 96 valence electrons. The first-order chi connectivity index (χ1) is 8.27. The molecule has 2 bridgehead atoms. The highest BCUT2D eigenvalue weighted by Gasteiger charge is 2.51. The van der Waals surface area contributed by atoms with E-state index in [4.69, 9.17) is 4.74 Å². The van der Waals surface area contributed by atoms with Gasteiger partial charge in [0, 0.05) is 12.3 Å². The molecule has 0 N–H and O–H groups in total. The first-order valence-electron chi connectivity index (χ1n) is 7.24. The van der Waals surface area contributed by atoms with Crippen LogP contribution in [0.5, 0.6) is 0 Å². The lowest BCUT2D eigenvalue weighted by Crippen LogP contribution is -2.64. The van der Waals surface area contributed by atoms with Crippen LogP contribution in [0.2, 0.25) is 0 Å². The Morgan fingerprint density at radius 1 is 1.18 bits per heavy atom. The Morgan fingerprint density at radius 3 is 2.59 bits per heavy atom. The van der Waals surface area contributed by atoms with Crippen molar-refractivity contribution in [1.82, 2.24) is 0 Å². The number of carbonyl (C=O) groups is 1. The minimum absolute atomic E-state index is 0.381. The molecule has 3 heteroatoms. The van der Waals surface area contributed by atoms with E-state index >= 15 is 0 Å². The number of nitrogens with zero attached hydrogens (tertiary/aromatic N) is 1. The van der Waals surface area contributed by atoms with E-state index in [-0.39, 0.29) is 0 Å². The van der Waals surface area contributed by atoms with Gasteiger partial charge in [-0.15, -0.1) is 0 Å². The predicted octanol–water partition coefficient (Wildman–Crippen LogP) is 1.61. The molecule has 0 amide bonds. The van der Waals surface area contributed by atoms with Crippen molar-refractivity contribution in [2.45, 2.75) is 38.6 Å². The van der Waals surface area contributed by atoms with Gasteiger partial charge in [0.1, 0.15) is 18.9 Å².